The lowest BCUT2D eigenvalue weighted by Gasteiger charge is -2.03. The predicted octanol–water partition coefficient (Wildman–Crippen LogP) is 2.38. The molecular weight excluding hydrogens is 224 g/mol. The Morgan fingerprint density at radius 2 is 1.83 bits per heavy atom. The standard InChI is InChI=1S/C14H12N4/c15-14-13-9-8-12(18(13)17-10-16-14)11-6-4-2-1-3-5-7-11/h1-10H,(H2,15,16,17). The van der Waals surface area contributed by atoms with Gasteiger partial charge in [0, 0.05) is 5.57 Å². The molecule has 4 heteroatoms. The van der Waals surface area contributed by atoms with Crippen LogP contribution in [0.1, 0.15) is 5.69 Å². The minimum absolute atomic E-state index is 0.488. The van der Waals surface area contributed by atoms with E-state index in [1.807, 2.05) is 54.7 Å². The number of anilines is 1. The van der Waals surface area contributed by atoms with E-state index in [2.05, 4.69) is 10.1 Å². The lowest BCUT2D eigenvalue weighted by atomic mass is 10.1. The summed E-state index contributed by atoms with van der Waals surface area (Å²) in [6.07, 6.45) is 15.5. The molecule has 0 radical (unpaired) electrons. The minimum Gasteiger partial charge on any atom is -0.382 e. The Balaban J connectivity index is 2.18. The molecule has 0 aromatic carbocycles. The molecule has 0 aliphatic heterocycles. The number of rotatable bonds is 1. The molecule has 18 heavy (non-hydrogen) atoms. The summed E-state index contributed by atoms with van der Waals surface area (Å²) < 4.78 is 1.80. The van der Waals surface area contributed by atoms with Crippen molar-refractivity contribution in [2.45, 2.75) is 0 Å². The van der Waals surface area contributed by atoms with Crippen LogP contribution in [0.2, 0.25) is 0 Å². The van der Waals surface area contributed by atoms with Crippen LogP contribution in [0.25, 0.3) is 11.1 Å². The van der Waals surface area contributed by atoms with E-state index in [-0.39, 0.29) is 0 Å². The van der Waals surface area contributed by atoms with Crippen molar-refractivity contribution < 1.29 is 0 Å². The fourth-order valence-corrected chi connectivity index (χ4v) is 1.91. The topological polar surface area (TPSA) is 56.2 Å². The van der Waals surface area contributed by atoms with Crippen molar-refractivity contribution in [3.05, 3.63) is 66.7 Å². The average Bonchev–Trinajstić information content (AvgIpc) is 2.74. The highest BCUT2D eigenvalue weighted by molar-refractivity contribution is 5.78. The van der Waals surface area contributed by atoms with Crippen molar-refractivity contribution in [1.82, 2.24) is 14.6 Å². The van der Waals surface area contributed by atoms with Gasteiger partial charge in [0.05, 0.1) is 5.69 Å². The molecule has 4 nitrogen and oxygen atoms in total. The third-order valence-electron chi connectivity index (χ3n) is 2.77. The van der Waals surface area contributed by atoms with Gasteiger partial charge in [-0.25, -0.2) is 9.50 Å². The Morgan fingerprint density at radius 1 is 1.00 bits per heavy atom. The molecule has 1 aliphatic rings. The Morgan fingerprint density at radius 3 is 2.78 bits per heavy atom. The fourth-order valence-electron chi connectivity index (χ4n) is 1.91. The summed E-state index contributed by atoms with van der Waals surface area (Å²) in [6, 6.07) is 3.92. The zero-order valence-electron chi connectivity index (χ0n) is 9.69. The average molecular weight is 236 g/mol. The van der Waals surface area contributed by atoms with Gasteiger partial charge in [0.15, 0.2) is 5.82 Å². The first-order chi connectivity index (χ1) is 8.86. The largest absolute Gasteiger partial charge is 0.382 e. The number of aromatic nitrogens is 3. The maximum Gasteiger partial charge on any atom is 0.151 e. The molecule has 0 atom stereocenters. The van der Waals surface area contributed by atoms with Crippen molar-refractivity contribution >= 4 is 16.9 Å². The highest BCUT2D eigenvalue weighted by Gasteiger charge is 2.08. The number of allylic oxidation sites excluding steroid dienone is 8. The van der Waals surface area contributed by atoms with Gasteiger partial charge in [0.2, 0.25) is 0 Å². The predicted molar refractivity (Wildman–Crippen MR) is 72.8 cm³/mol. The summed E-state index contributed by atoms with van der Waals surface area (Å²) in [4.78, 5) is 3.98. The summed E-state index contributed by atoms with van der Waals surface area (Å²) in [5.74, 6) is 0.488. The van der Waals surface area contributed by atoms with Crippen LogP contribution < -0.4 is 5.73 Å². The second kappa shape index (κ2) is 4.33. The van der Waals surface area contributed by atoms with Crippen molar-refractivity contribution in [1.29, 1.82) is 0 Å². The zero-order valence-corrected chi connectivity index (χ0v) is 9.69. The van der Waals surface area contributed by atoms with Crippen LogP contribution in [0, 0.1) is 0 Å². The van der Waals surface area contributed by atoms with Gasteiger partial charge in [-0.3, -0.25) is 0 Å². The van der Waals surface area contributed by atoms with Gasteiger partial charge in [0.1, 0.15) is 11.8 Å². The van der Waals surface area contributed by atoms with Crippen LogP contribution in [0.15, 0.2) is 61.0 Å². The smallest absolute Gasteiger partial charge is 0.151 e. The first kappa shape index (κ1) is 10.5. The summed E-state index contributed by atoms with van der Waals surface area (Å²) >= 11 is 0. The molecule has 0 unspecified atom stereocenters. The maximum absolute atomic E-state index is 5.82. The first-order valence-corrected chi connectivity index (χ1v) is 5.66. The van der Waals surface area contributed by atoms with Crippen LogP contribution in [-0.2, 0) is 0 Å². The molecule has 0 saturated carbocycles. The normalized spacial score (nSPS) is 14.6. The lowest BCUT2D eigenvalue weighted by molar-refractivity contribution is 0.896. The number of hydrogen-bond donors (Lipinski definition) is 1. The number of nitrogens with two attached hydrogens (primary N) is 1. The van der Waals surface area contributed by atoms with Gasteiger partial charge >= 0.3 is 0 Å². The van der Waals surface area contributed by atoms with Crippen LogP contribution in [0.3, 0.4) is 0 Å². The Kier molecular flexibility index (Phi) is 2.53. The third kappa shape index (κ3) is 1.73. The highest BCUT2D eigenvalue weighted by Crippen LogP contribution is 2.21. The van der Waals surface area contributed by atoms with Crippen LogP contribution >= 0.6 is 0 Å². The Labute approximate surface area is 104 Å². The van der Waals surface area contributed by atoms with E-state index >= 15 is 0 Å². The van der Waals surface area contributed by atoms with Gasteiger partial charge in [-0.2, -0.15) is 5.10 Å². The van der Waals surface area contributed by atoms with Gasteiger partial charge in [-0.05, 0) is 12.1 Å². The van der Waals surface area contributed by atoms with Crippen LogP contribution in [-0.4, -0.2) is 14.6 Å². The molecule has 2 aromatic heterocycles. The molecule has 2 heterocycles. The van der Waals surface area contributed by atoms with Gasteiger partial charge in [-0.1, -0.05) is 42.5 Å². The van der Waals surface area contributed by atoms with Gasteiger partial charge < -0.3 is 5.73 Å². The molecule has 88 valence electrons. The van der Waals surface area contributed by atoms with Gasteiger partial charge in [0.25, 0.3) is 0 Å². The first-order valence-electron chi connectivity index (χ1n) is 5.66. The van der Waals surface area contributed by atoms with Crippen LogP contribution in [0.5, 0.6) is 0 Å². The number of fused-ring (bicyclic) bond motifs is 1. The van der Waals surface area contributed by atoms with Crippen molar-refractivity contribution in [2.24, 2.45) is 0 Å². The highest BCUT2D eigenvalue weighted by atomic mass is 15.3. The molecule has 0 amide bonds. The van der Waals surface area contributed by atoms with Gasteiger partial charge in [-0.15, -0.1) is 0 Å². The second-order valence-corrected chi connectivity index (χ2v) is 3.91. The quantitative estimate of drug-likeness (QED) is 0.827. The number of hydrogen-bond acceptors (Lipinski definition) is 3. The van der Waals surface area contributed by atoms with E-state index in [1.54, 1.807) is 4.52 Å². The fraction of sp³-hybridized carbons (Fsp3) is 0. The number of nitrogens with zero attached hydrogens (tertiary/aromatic N) is 3. The Hall–Kier alpha value is -2.62. The summed E-state index contributed by atoms with van der Waals surface area (Å²) in [6.45, 7) is 0. The molecular formula is C14H12N4. The van der Waals surface area contributed by atoms with Crippen molar-refractivity contribution in [2.75, 3.05) is 5.73 Å². The van der Waals surface area contributed by atoms with E-state index in [9.17, 15) is 0 Å². The minimum atomic E-state index is 0.488. The molecule has 0 fully saturated rings. The second-order valence-electron chi connectivity index (χ2n) is 3.91. The SMILES string of the molecule is Nc1ncnn2c(C3=CC=CC=CC=C3)ccc12. The lowest BCUT2D eigenvalue weighted by Crippen LogP contribution is -2.01. The summed E-state index contributed by atoms with van der Waals surface area (Å²) in [5, 5.41) is 4.24. The summed E-state index contributed by atoms with van der Waals surface area (Å²) in [5.41, 5.74) is 8.72. The van der Waals surface area contributed by atoms with Crippen LogP contribution in [0.4, 0.5) is 5.82 Å². The molecule has 1 aliphatic carbocycles. The van der Waals surface area contributed by atoms with E-state index in [4.69, 9.17) is 5.73 Å². The molecule has 0 saturated heterocycles. The van der Waals surface area contributed by atoms with E-state index in [1.165, 1.54) is 6.33 Å². The molecule has 2 N–H and O–H groups in total. The van der Waals surface area contributed by atoms with Crippen molar-refractivity contribution in [3.63, 3.8) is 0 Å². The maximum atomic E-state index is 5.82. The van der Waals surface area contributed by atoms with E-state index in [0.717, 1.165) is 16.8 Å². The number of nitrogen functional groups attached to an aromatic ring is 1. The molecule has 2 aromatic rings. The van der Waals surface area contributed by atoms with E-state index in [0.29, 0.717) is 5.82 Å². The zero-order chi connectivity index (χ0) is 12.4. The molecule has 0 bridgehead atoms. The molecule has 3 rings (SSSR count). The molecule has 0 spiro atoms. The summed E-state index contributed by atoms with van der Waals surface area (Å²) in [7, 11) is 0. The van der Waals surface area contributed by atoms with Crippen molar-refractivity contribution in [3.8, 4) is 0 Å². The monoisotopic (exact) mass is 236 g/mol. The Bertz CT molecular complexity index is 702. The van der Waals surface area contributed by atoms with E-state index < -0.39 is 0 Å². The third-order valence-corrected chi connectivity index (χ3v) is 2.77.